The third-order valence-electron chi connectivity index (χ3n) is 2.99. The van der Waals surface area contributed by atoms with Gasteiger partial charge in [-0.2, -0.15) is 0 Å². The van der Waals surface area contributed by atoms with Crippen molar-refractivity contribution in [3.8, 4) is 0 Å². The van der Waals surface area contributed by atoms with E-state index < -0.39 is 0 Å². The number of hydrogen-bond donors (Lipinski definition) is 2. The van der Waals surface area contributed by atoms with Crippen LogP contribution in [0.2, 0.25) is 0 Å². The third-order valence-corrected chi connectivity index (χ3v) is 2.99. The van der Waals surface area contributed by atoms with Crippen LogP contribution in [0.3, 0.4) is 0 Å². The largest absolute Gasteiger partial charge is 0.368 e. The van der Waals surface area contributed by atoms with E-state index in [1.807, 2.05) is 24.8 Å². The standard InChI is InChI=1S/C16H14N2/c1-2-14(16-7-11-18-12-8-16)4-3-13(1)15-5-9-17-10-6-15/h1-12,17-18H. The number of benzene rings is 1. The molecule has 0 fully saturated rings. The van der Waals surface area contributed by atoms with Crippen LogP contribution in [-0.4, -0.2) is 0 Å². The van der Waals surface area contributed by atoms with Crippen LogP contribution in [0.25, 0.3) is 11.1 Å². The lowest BCUT2D eigenvalue weighted by Gasteiger charge is -2.03. The van der Waals surface area contributed by atoms with Gasteiger partial charge in [-0.25, -0.2) is 0 Å². The first-order chi connectivity index (χ1) is 8.93. The second-order valence-electron chi connectivity index (χ2n) is 4.15. The Bertz CT molecular complexity index is 576. The van der Waals surface area contributed by atoms with Crippen LogP contribution in [0.15, 0.2) is 73.4 Å². The number of nitrogens with one attached hydrogen (secondary N) is 2. The van der Waals surface area contributed by atoms with Crippen LogP contribution in [-0.2, 0) is 0 Å². The summed E-state index contributed by atoms with van der Waals surface area (Å²) >= 11 is 0. The maximum atomic E-state index is 3.04. The van der Waals surface area contributed by atoms with Gasteiger partial charge in [0.1, 0.15) is 0 Å². The molecule has 2 N–H and O–H groups in total. The monoisotopic (exact) mass is 234 g/mol. The summed E-state index contributed by atoms with van der Waals surface area (Å²) in [7, 11) is 0. The van der Waals surface area contributed by atoms with Crippen molar-refractivity contribution in [3.63, 3.8) is 0 Å². The molecule has 0 bridgehead atoms. The van der Waals surface area contributed by atoms with Gasteiger partial charge in [-0.3, -0.25) is 0 Å². The number of dihydropyridines is 2. The Hall–Kier alpha value is -2.48. The lowest BCUT2D eigenvalue weighted by molar-refractivity contribution is 1.18. The highest BCUT2D eigenvalue weighted by molar-refractivity contribution is 5.69. The normalized spacial score (nSPS) is 16.7. The van der Waals surface area contributed by atoms with Crippen LogP contribution in [0.1, 0.15) is 0 Å². The molecule has 0 radical (unpaired) electrons. The topological polar surface area (TPSA) is 24.1 Å². The molecule has 0 atom stereocenters. The first-order valence-corrected chi connectivity index (χ1v) is 5.96. The molecule has 0 spiro atoms. The Labute approximate surface area is 106 Å². The van der Waals surface area contributed by atoms with E-state index in [0.29, 0.717) is 0 Å². The Morgan fingerprint density at radius 3 is 1.17 bits per heavy atom. The van der Waals surface area contributed by atoms with Crippen molar-refractivity contribution in [3.05, 3.63) is 83.8 Å². The van der Waals surface area contributed by atoms with Gasteiger partial charge in [0, 0.05) is 24.8 Å². The van der Waals surface area contributed by atoms with Crippen molar-refractivity contribution >= 4 is 11.1 Å². The summed E-state index contributed by atoms with van der Waals surface area (Å²) in [5.41, 5.74) is 2.45. The highest BCUT2D eigenvalue weighted by atomic mass is 14.8. The molecule has 1 aromatic carbocycles. The molecule has 18 heavy (non-hydrogen) atoms. The quantitative estimate of drug-likeness (QED) is 0.706. The van der Waals surface area contributed by atoms with Crippen molar-refractivity contribution in [1.82, 2.24) is 10.6 Å². The summed E-state index contributed by atoms with van der Waals surface area (Å²) in [6.07, 6.45) is 16.1. The van der Waals surface area contributed by atoms with Gasteiger partial charge in [-0.05, 0) is 45.9 Å². The van der Waals surface area contributed by atoms with E-state index >= 15 is 0 Å². The van der Waals surface area contributed by atoms with Crippen LogP contribution in [0.5, 0.6) is 0 Å². The fourth-order valence-corrected chi connectivity index (χ4v) is 2.01. The van der Waals surface area contributed by atoms with Crippen LogP contribution in [0, 0.1) is 0 Å². The smallest absolute Gasteiger partial charge is 0.00106 e. The molecule has 0 saturated carbocycles. The Morgan fingerprint density at radius 2 is 0.833 bits per heavy atom. The van der Waals surface area contributed by atoms with Crippen LogP contribution < -0.4 is 21.1 Å². The molecule has 0 amide bonds. The van der Waals surface area contributed by atoms with Gasteiger partial charge < -0.3 is 10.6 Å². The number of hydrogen-bond acceptors (Lipinski definition) is 2. The minimum atomic E-state index is 1.22. The molecule has 2 aliphatic heterocycles. The average molecular weight is 234 g/mol. The molecular weight excluding hydrogens is 220 g/mol. The average Bonchev–Trinajstić information content (AvgIpc) is 2.49. The summed E-state index contributed by atoms with van der Waals surface area (Å²) in [5.74, 6) is 0. The molecule has 2 aliphatic rings. The van der Waals surface area contributed by atoms with Crippen molar-refractivity contribution in [2.75, 3.05) is 0 Å². The fourth-order valence-electron chi connectivity index (χ4n) is 2.01. The maximum absolute atomic E-state index is 3.04. The van der Waals surface area contributed by atoms with E-state index in [1.165, 1.54) is 21.6 Å². The fraction of sp³-hybridized carbons (Fsp3) is 0. The van der Waals surface area contributed by atoms with Gasteiger partial charge in [-0.15, -0.1) is 0 Å². The van der Waals surface area contributed by atoms with Crippen LogP contribution >= 0.6 is 0 Å². The minimum Gasteiger partial charge on any atom is -0.368 e. The van der Waals surface area contributed by atoms with Gasteiger partial charge in [-0.1, -0.05) is 24.3 Å². The molecule has 3 rings (SSSR count). The molecule has 1 aromatic rings. The molecule has 0 aliphatic carbocycles. The highest BCUT2D eigenvalue weighted by Crippen LogP contribution is 2.02. The Balaban J connectivity index is 2.09. The van der Waals surface area contributed by atoms with Crippen molar-refractivity contribution in [1.29, 1.82) is 0 Å². The van der Waals surface area contributed by atoms with E-state index in [2.05, 4.69) is 59.2 Å². The molecular formula is C16H14N2. The summed E-state index contributed by atoms with van der Waals surface area (Å²) in [4.78, 5) is 0. The van der Waals surface area contributed by atoms with Crippen molar-refractivity contribution < 1.29 is 0 Å². The zero-order valence-electron chi connectivity index (χ0n) is 9.93. The van der Waals surface area contributed by atoms with E-state index in [0.717, 1.165) is 0 Å². The van der Waals surface area contributed by atoms with Gasteiger partial charge in [0.05, 0.1) is 0 Å². The van der Waals surface area contributed by atoms with Crippen molar-refractivity contribution in [2.24, 2.45) is 0 Å². The third kappa shape index (κ3) is 2.13. The Kier molecular flexibility index (Phi) is 2.84. The zero-order valence-corrected chi connectivity index (χ0v) is 9.93. The predicted octanol–water partition coefficient (Wildman–Crippen LogP) is 1.25. The van der Waals surface area contributed by atoms with E-state index in [1.54, 1.807) is 0 Å². The van der Waals surface area contributed by atoms with Gasteiger partial charge in [0.25, 0.3) is 0 Å². The van der Waals surface area contributed by atoms with Gasteiger partial charge in [0.2, 0.25) is 0 Å². The number of allylic oxidation sites excluding steroid dienone is 4. The molecule has 2 nitrogen and oxygen atoms in total. The lowest BCUT2D eigenvalue weighted by Crippen LogP contribution is -2.13. The summed E-state index contributed by atoms with van der Waals surface area (Å²) in [5, 5.41) is 8.54. The second-order valence-corrected chi connectivity index (χ2v) is 4.15. The summed E-state index contributed by atoms with van der Waals surface area (Å²) < 4.78 is 0. The molecule has 88 valence electrons. The molecule has 2 heteroatoms. The molecule has 0 unspecified atom stereocenters. The zero-order chi connectivity index (χ0) is 12.2. The predicted molar refractivity (Wildman–Crippen MR) is 75.3 cm³/mol. The second kappa shape index (κ2) is 4.80. The van der Waals surface area contributed by atoms with Gasteiger partial charge in [0.15, 0.2) is 0 Å². The number of rotatable bonds is 0. The maximum Gasteiger partial charge on any atom is 0.00106 e. The lowest BCUT2D eigenvalue weighted by atomic mass is 10.1. The van der Waals surface area contributed by atoms with Crippen LogP contribution in [0.4, 0.5) is 0 Å². The van der Waals surface area contributed by atoms with E-state index in [9.17, 15) is 0 Å². The molecule has 0 aromatic heterocycles. The highest BCUT2D eigenvalue weighted by Gasteiger charge is 1.95. The SMILES string of the molecule is C1=CC(=c2ccc(=C3C=CNC=C3)cc2)C=CN1. The molecule has 0 saturated heterocycles. The van der Waals surface area contributed by atoms with E-state index in [-0.39, 0.29) is 0 Å². The summed E-state index contributed by atoms with van der Waals surface area (Å²) in [6, 6.07) is 8.62. The first kappa shape index (κ1) is 10.7. The Morgan fingerprint density at radius 1 is 0.500 bits per heavy atom. The van der Waals surface area contributed by atoms with E-state index in [4.69, 9.17) is 0 Å². The first-order valence-electron chi connectivity index (χ1n) is 5.96. The van der Waals surface area contributed by atoms with Crippen molar-refractivity contribution in [2.45, 2.75) is 0 Å². The molecule has 2 heterocycles. The van der Waals surface area contributed by atoms with Gasteiger partial charge >= 0.3 is 0 Å². The summed E-state index contributed by atoms with van der Waals surface area (Å²) in [6.45, 7) is 0. The minimum absolute atomic E-state index is 1.22.